The van der Waals surface area contributed by atoms with Crippen LogP contribution in [0.3, 0.4) is 0 Å². The number of nitrogens with zero attached hydrogens (tertiary/aromatic N) is 4. The molecule has 3 aromatic heterocycles. The second-order valence-corrected chi connectivity index (χ2v) is 4.85. The molecule has 3 heterocycles. The number of hydrogen-bond donors (Lipinski definition) is 0. The highest BCUT2D eigenvalue weighted by Gasteiger charge is 2.20. The first-order chi connectivity index (χ1) is 10.3. The Kier molecular flexibility index (Phi) is 3.61. The monoisotopic (exact) mass is 304 g/mol. The summed E-state index contributed by atoms with van der Waals surface area (Å²) in [7, 11) is 0. The molecule has 0 amide bonds. The SMILES string of the molecule is CCOC(=O)c1cnc(SC)n2c(-c3ccoc3)nnc12. The molecule has 0 saturated carbocycles. The lowest BCUT2D eigenvalue weighted by atomic mass is 10.3. The quantitative estimate of drug-likeness (QED) is 0.415. The maximum atomic E-state index is 12.0. The lowest BCUT2D eigenvalue weighted by Crippen LogP contribution is -2.09. The molecule has 7 nitrogen and oxygen atoms in total. The van der Waals surface area contributed by atoms with E-state index in [9.17, 15) is 4.79 Å². The van der Waals surface area contributed by atoms with E-state index < -0.39 is 5.97 Å². The van der Waals surface area contributed by atoms with Gasteiger partial charge in [0.2, 0.25) is 0 Å². The van der Waals surface area contributed by atoms with Gasteiger partial charge in [-0.2, -0.15) is 0 Å². The first kappa shape index (κ1) is 13.6. The van der Waals surface area contributed by atoms with E-state index in [0.29, 0.717) is 16.6 Å². The third-order valence-electron chi connectivity index (χ3n) is 2.86. The van der Waals surface area contributed by atoms with Crippen molar-refractivity contribution in [1.82, 2.24) is 19.6 Å². The van der Waals surface area contributed by atoms with Gasteiger partial charge < -0.3 is 9.15 Å². The van der Waals surface area contributed by atoms with Crippen LogP contribution in [0.5, 0.6) is 0 Å². The summed E-state index contributed by atoms with van der Waals surface area (Å²) in [6, 6.07) is 1.78. The summed E-state index contributed by atoms with van der Waals surface area (Å²) in [5.41, 5.74) is 1.47. The van der Waals surface area contributed by atoms with Crippen LogP contribution in [-0.4, -0.2) is 38.4 Å². The molecular weight excluding hydrogens is 292 g/mol. The molecule has 0 saturated heterocycles. The lowest BCUT2D eigenvalue weighted by molar-refractivity contribution is 0.0527. The number of aromatic nitrogens is 4. The number of rotatable bonds is 4. The van der Waals surface area contributed by atoms with Crippen LogP contribution in [0.15, 0.2) is 34.4 Å². The van der Waals surface area contributed by atoms with Crippen molar-refractivity contribution < 1.29 is 13.9 Å². The Morgan fingerprint density at radius 1 is 1.48 bits per heavy atom. The molecule has 0 aromatic carbocycles. The Morgan fingerprint density at radius 3 is 3.00 bits per heavy atom. The minimum atomic E-state index is -0.464. The number of fused-ring (bicyclic) bond motifs is 1. The van der Waals surface area contributed by atoms with Crippen molar-refractivity contribution >= 4 is 23.4 Å². The summed E-state index contributed by atoms with van der Waals surface area (Å²) >= 11 is 1.44. The summed E-state index contributed by atoms with van der Waals surface area (Å²) in [4.78, 5) is 16.3. The van der Waals surface area contributed by atoms with Crippen molar-refractivity contribution in [2.24, 2.45) is 0 Å². The molecule has 0 aliphatic carbocycles. The normalized spacial score (nSPS) is 11.0. The van der Waals surface area contributed by atoms with Gasteiger partial charge in [0.25, 0.3) is 0 Å². The zero-order valence-corrected chi connectivity index (χ0v) is 12.3. The molecule has 0 spiro atoms. The lowest BCUT2D eigenvalue weighted by Gasteiger charge is -2.06. The molecule has 8 heteroatoms. The van der Waals surface area contributed by atoms with E-state index in [1.807, 2.05) is 6.26 Å². The highest BCUT2D eigenvalue weighted by Crippen LogP contribution is 2.25. The smallest absolute Gasteiger partial charge is 0.343 e. The minimum absolute atomic E-state index is 0.289. The molecule has 0 radical (unpaired) electrons. The van der Waals surface area contributed by atoms with Gasteiger partial charge in [-0.3, -0.25) is 4.40 Å². The van der Waals surface area contributed by atoms with Crippen molar-refractivity contribution in [1.29, 1.82) is 0 Å². The molecule has 0 bridgehead atoms. The summed E-state index contributed by atoms with van der Waals surface area (Å²) in [6.07, 6.45) is 6.48. The summed E-state index contributed by atoms with van der Waals surface area (Å²) in [5.74, 6) is 0.107. The maximum absolute atomic E-state index is 12.0. The van der Waals surface area contributed by atoms with Crippen LogP contribution in [0.2, 0.25) is 0 Å². The Bertz CT molecular complexity index is 782. The van der Waals surface area contributed by atoms with Gasteiger partial charge in [-0.05, 0) is 19.2 Å². The second-order valence-electron chi connectivity index (χ2n) is 4.07. The van der Waals surface area contributed by atoms with Crippen LogP contribution >= 0.6 is 11.8 Å². The number of carbonyl (C=O) groups is 1. The van der Waals surface area contributed by atoms with Gasteiger partial charge in [-0.1, -0.05) is 11.8 Å². The summed E-state index contributed by atoms with van der Waals surface area (Å²) in [6.45, 7) is 2.04. The first-order valence-corrected chi connectivity index (χ1v) is 7.46. The molecule has 0 fully saturated rings. The number of esters is 1. The van der Waals surface area contributed by atoms with Crippen LogP contribution in [0.1, 0.15) is 17.3 Å². The second kappa shape index (κ2) is 5.57. The first-order valence-electron chi connectivity index (χ1n) is 6.24. The van der Waals surface area contributed by atoms with Gasteiger partial charge >= 0.3 is 5.97 Å². The van der Waals surface area contributed by atoms with Crippen LogP contribution in [0.4, 0.5) is 0 Å². The standard InChI is InChI=1S/C13H12N4O3S/c1-3-20-12(18)9-6-14-13(21-2)17-10(15-16-11(9)17)8-4-5-19-7-8/h4-7H,3H2,1-2H3. The summed E-state index contributed by atoms with van der Waals surface area (Å²) in [5, 5.41) is 8.92. The highest BCUT2D eigenvalue weighted by molar-refractivity contribution is 7.98. The Morgan fingerprint density at radius 2 is 2.33 bits per heavy atom. The fraction of sp³-hybridized carbons (Fsp3) is 0.231. The molecule has 0 unspecified atom stereocenters. The molecule has 0 atom stereocenters. The zero-order valence-electron chi connectivity index (χ0n) is 11.4. The predicted octanol–water partition coefficient (Wildman–Crippen LogP) is 2.28. The van der Waals surface area contributed by atoms with Crippen LogP contribution in [0.25, 0.3) is 17.0 Å². The van der Waals surface area contributed by atoms with E-state index in [2.05, 4.69) is 15.2 Å². The highest BCUT2D eigenvalue weighted by atomic mass is 32.2. The Hall–Kier alpha value is -2.35. The average Bonchev–Trinajstić information content (AvgIpc) is 3.15. The Balaban J connectivity index is 2.24. The number of ether oxygens (including phenoxy) is 1. The van der Waals surface area contributed by atoms with Crippen molar-refractivity contribution in [3.8, 4) is 11.4 Å². The number of hydrogen-bond acceptors (Lipinski definition) is 7. The van der Waals surface area contributed by atoms with Gasteiger partial charge in [0.15, 0.2) is 16.6 Å². The molecule has 0 aliphatic heterocycles. The van der Waals surface area contributed by atoms with E-state index in [0.717, 1.165) is 5.56 Å². The van der Waals surface area contributed by atoms with E-state index in [-0.39, 0.29) is 12.2 Å². The number of thioether (sulfide) groups is 1. The third kappa shape index (κ3) is 2.27. The largest absolute Gasteiger partial charge is 0.472 e. The van der Waals surface area contributed by atoms with E-state index in [1.165, 1.54) is 18.0 Å². The van der Waals surface area contributed by atoms with E-state index in [1.54, 1.807) is 29.9 Å². The zero-order chi connectivity index (χ0) is 14.8. The Labute approximate surface area is 124 Å². The van der Waals surface area contributed by atoms with Gasteiger partial charge in [0.1, 0.15) is 11.8 Å². The van der Waals surface area contributed by atoms with Gasteiger partial charge in [-0.15, -0.1) is 10.2 Å². The molecule has 21 heavy (non-hydrogen) atoms. The van der Waals surface area contributed by atoms with Gasteiger partial charge in [0, 0.05) is 6.20 Å². The van der Waals surface area contributed by atoms with Gasteiger partial charge in [-0.25, -0.2) is 9.78 Å². The molecule has 108 valence electrons. The average molecular weight is 304 g/mol. The van der Waals surface area contributed by atoms with Gasteiger partial charge in [0.05, 0.1) is 18.4 Å². The van der Waals surface area contributed by atoms with Crippen LogP contribution in [-0.2, 0) is 4.74 Å². The van der Waals surface area contributed by atoms with Crippen LogP contribution < -0.4 is 0 Å². The molecule has 3 aromatic rings. The summed E-state index contributed by atoms with van der Waals surface area (Å²) < 4.78 is 11.8. The van der Waals surface area contributed by atoms with Crippen molar-refractivity contribution in [3.05, 3.63) is 30.4 Å². The fourth-order valence-electron chi connectivity index (χ4n) is 1.95. The number of furan rings is 1. The van der Waals surface area contributed by atoms with Crippen molar-refractivity contribution in [2.75, 3.05) is 12.9 Å². The van der Waals surface area contributed by atoms with E-state index in [4.69, 9.17) is 9.15 Å². The third-order valence-corrected chi connectivity index (χ3v) is 3.51. The van der Waals surface area contributed by atoms with Crippen molar-refractivity contribution in [3.63, 3.8) is 0 Å². The molecule has 0 aliphatic rings. The maximum Gasteiger partial charge on any atom is 0.343 e. The van der Waals surface area contributed by atoms with Crippen LogP contribution in [0, 0.1) is 0 Å². The molecular formula is C13H12N4O3S. The fourth-order valence-corrected chi connectivity index (χ4v) is 2.46. The van der Waals surface area contributed by atoms with E-state index >= 15 is 0 Å². The molecule has 0 N–H and O–H groups in total. The minimum Gasteiger partial charge on any atom is -0.472 e. The topological polar surface area (TPSA) is 82.5 Å². The number of carbonyl (C=O) groups excluding carboxylic acids is 1. The predicted molar refractivity (Wildman–Crippen MR) is 76.2 cm³/mol. The molecule has 3 rings (SSSR count). The van der Waals surface area contributed by atoms with Crippen molar-refractivity contribution in [2.45, 2.75) is 12.1 Å².